The Balaban J connectivity index is 1.38. The van der Waals surface area contributed by atoms with E-state index in [1.54, 1.807) is 0 Å². The Morgan fingerprint density at radius 1 is 1.31 bits per heavy atom. The van der Waals surface area contributed by atoms with Crippen LogP contribution in [0.5, 0.6) is 0 Å². The van der Waals surface area contributed by atoms with Crippen LogP contribution in [0.1, 0.15) is 17.5 Å². The second-order valence-electron chi connectivity index (χ2n) is 7.36. The lowest BCUT2D eigenvalue weighted by Gasteiger charge is -2.26. The van der Waals surface area contributed by atoms with E-state index < -0.39 is 23.7 Å². The molecule has 3 fully saturated rings. The summed E-state index contributed by atoms with van der Waals surface area (Å²) in [5, 5.41) is 2.76. The largest absolute Gasteiger partial charge is 0.461 e. The van der Waals surface area contributed by atoms with Crippen molar-refractivity contribution in [2.24, 2.45) is 23.7 Å². The van der Waals surface area contributed by atoms with Crippen LogP contribution in [0.2, 0.25) is 0 Å². The van der Waals surface area contributed by atoms with Gasteiger partial charge >= 0.3 is 11.9 Å². The summed E-state index contributed by atoms with van der Waals surface area (Å²) >= 11 is 3.56. The van der Waals surface area contributed by atoms with Crippen molar-refractivity contribution < 1.29 is 23.9 Å². The van der Waals surface area contributed by atoms with Crippen LogP contribution in [-0.2, 0) is 23.9 Å². The normalized spacial score (nSPS) is 33.9. The minimum atomic E-state index is -0.524. The van der Waals surface area contributed by atoms with E-state index in [2.05, 4.69) is 21.2 Å². The van der Waals surface area contributed by atoms with Gasteiger partial charge in [-0.25, -0.2) is 0 Å². The fraction of sp³-hybridized carbons (Fsp3) is 0.526. The van der Waals surface area contributed by atoms with Gasteiger partial charge in [0.2, 0.25) is 0 Å². The monoisotopic (exact) mass is 421 g/mol. The van der Waals surface area contributed by atoms with E-state index in [9.17, 15) is 14.4 Å². The highest BCUT2D eigenvalue weighted by Crippen LogP contribution is 2.60. The number of esters is 2. The van der Waals surface area contributed by atoms with Crippen molar-refractivity contribution in [3.05, 3.63) is 29.3 Å². The Bertz CT molecular complexity index is 794. The van der Waals surface area contributed by atoms with Gasteiger partial charge in [0, 0.05) is 11.6 Å². The highest BCUT2D eigenvalue weighted by Gasteiger charge is 2.68. The summed E-state index contributed by atoms with van der Waals surface area (Å²) in [7, 11) is 0. The van der Waals surface area contributed by atoms with Gasteiger partial charge in [0.15, 0.2) is 6.61 Å². The molecule has 1 aliphatic heterocycles. The number of nitrogens with one attached hydrogen (secondary N) is 1. The third-order valence-electron chi connectivity index (χ3n) is 6.02. The lowest BCUT2D eigenvalue weighted by atomic mass is 9.80. The van der Waals surface area contributed by atoms with Crippen LogP contribution in [-0.4, -0.2) is 35.4 Å². The van der Waals surface area contributed by atoms with Crippen LogP contribution >= 0.6 is 15.9 Å². The van der Waals surface area contributed by atoms with Crippen LogP contribution in [0.3, 0.4) is 0 Å². The maximum absolute atomic E-state index is 12.6. The van der Waals surface area contributed by atoms with Gasteiger partial charge in [0.1, 0.15) is 6.10 Å². The van der Waals surface area contributed by atoms with Gasteiger partial charge in [-0.15, -0.1) is 0 Å². The third-order valence-corrected chi connectivity index (χ3v) is 7.22. The zero-order chi connectivity index (χ0) is 18.6. The topological polar surface area (TPSA) is 81.7 Å². The average Bonchev–Trinajstić information content (AvgIpc) is 3.21. The van der Waals surface area contributed by atoms with Gasteiger partial charge in [-0.3, -0.25) is 14.4 Å². The molecule has 2 bridgehead atoms. The summed E-state index contributed by atoms with van der Waals surface area (Å²) in [6.07, 6.45) is 0.653. The number of amides is 1. The van der Waals surface area contributed by atoms with Crippen molar-refractivity contribution in [2.45, 2.75) is 31.2 Å². The van der Waals surface area contributed by atoms with Crippen LogP contribution < -0.4 is 5.32 Å². The molecule has 1 aromatic rings. The van der Waals surface area contributed by atoms with Crippen molar-refractivity contribution in [1.82, 2.24) is 0 Å². The van der Waals surface area contributed by atoms with Crippen molar-refractivity contribution in [2.75, 3.05) is 11.9 Å². The molecule has 0 radical (unpaired) electrons. The van der Waals surface area contributed by atoms with Gasteiger partial charge in [0.05, 0.1) is 16.7 Å². The van der Waals surface area contributed by atoms with E-state index in [1.807, 2.05) is 32.0 Å². The SMILES string of the molecule is Cc1cccc(NC(=O)COC(=O)[C@@H]2[C@H]3C[C@H]4[C@H](OC(=O)[C@H]42)[C@H]3Br)c1C. The molecule has 1 N–H and O–H groups in total. The van der Waals surface area contributed by atoms with Gasteiger partial charge in [0.25, 0.3) is 5.91 Å². The Kier molecular flexibility index (Phi) is 4.29. The summed E-state index contributed by atoms with van der Waals surface area (Å²) in [5.41, 5.74) is 2.75. The fourth-order valence-corrected chi connectivity index (χ4v) is 5.64. The predicted octanol–water partition coefficient (Wildman–Crippen LogP) is 2.36. The molecule has 1 amide bonds. The number of benzene rings is 1. The molecule has 2 aliphatic carbocycles. The molecule has 6 atom stereocenters. The third kappa shape index (κ3) is 2.64. The van der Waals surface area contributed by atoms with E-state index >= 15 is 0 Å². The Labute approximate surface area is 159 Å². The number of hydrogen-bond donors (Lipinski definition) is 1. The first-order chi connectivity index (χ1) is 12.4. The Morgan fingerprint density at radius 3 is 2.85 bits per heavy atom. The van der Waals surface area contributed by atoms with Gasteiger partial charge in [-0.2, -0.15) is 0 Å². The maximum atomic E-state index is 12.6. The van der Waals surface area contributed by atoms with E-state index in [4.69, 9.17) is 9.47 Å². The van der Waals surface area contributed by atoms with E-state index in [0.717, 1.165) is 17.5 Å². The summed E-state index contributed by atoms with van der Waals surface area (Å²) in [6.45, 7) is 3.52. The Hall–Kier alpha value is -1.89. The minimum Gasteiger partial charge on any atom is -0.461 e. The summed E-state index contributed by atoms with van der Waals surface area (Å²) in [5.74, 6) is -2.03. The number of fused-ring (bicyclic) bond motifs is 1. The fourth-order valence-electron chi connectivity index (χ4n) is 4.60. The second kappa shape index (κ2) is 6.37. The van der Waals surface area contributed by atoms with Crippen LogP contribution in [0.15, 0.2) is 18.2 Å². The van der Waals surface area contributed by atoms with Crippen molar-refractivity contribution in [3.63, 3.8) is 0 Å². The standard InChI is InChI=1S/C19H20BrNO5/c1-8-4-3-5-12(9(8)2)21-13(22)7-25-18(23)14-10-6-11-15(14)19(24)26-17(11)16(10)20/h3-5,10-11,14-17H,6-7H2,1-2H3,(H,21,22)/t10-,11-,14-,15-,16+,17+/m1/s1. The van der Waals surface area contributed by atoms with Crippen LogP contribution in [0.25, 0.3) is 0 Å². The summed E-state index contributed by atoms with van der Waals surface area (Å²) in [6, 6.07) is 5.63. The molecule has 0 unspecified atom stereocenters. The molecule has 0 spiro atoms. The Morgan fingerprint density at radius 2 is 2.08 bits per heavy atom. The highest BCUT2D eigenvalue weighted by molar-refractivity contribution is 9.09. The number of hydrogen-bond acceptors (Lipinski definition) is 5. The highest BCUT2D eigenvalue weighted by atomic mass is 79.9. The summed E-state index contributed by atoms with van der Waals surface area (Å²) in [4.78, 5) is 36.8. The predicted molar refractivity (Wildman–Crippen MR) is 96.7 cm³/mol. The molecule has 3 aliphatic rings. The van der Waals surface area contributed by atoms with E-state index in [0.29, 0.717) is 5.69 Å². The van der Waals surface area contributed by atoms with Crippen LogP contribution in [0, 0.1) is 37.5 Å². The van der Waals surface area contributed by atoms with E-state index in [-0.39, 0.29) is 35.3 Å². The molecule has 1 saturated heterocycles. The first-order valence-electron chi connectivity index (χ1n) is 8.75. The lowest BCUT2D eigenvalue weighted by molar-refractivity contribution is -0.157. The van der Waals surface area contributed by atoms with E-state index in [1.165, 1.54) is 0 Å². The van der Waals surface area contributed by atoms with Crippen LogP contribution in [0.4, 0.5) is 5.69 Å². The molecule has 138 valence electrons. The average molecular weight is 422 g/mol. The molecule has 26 heavy (non-hydrogen) atoms. The number of aryl methyl sites for hydroxylation is 1. The molecule has 0 aromatic heterocycles. The van der Waals surface area contributed by atoms with Crippen molar-refractivity contribution in [1.29, 1.82) is 0 Å². The number of carbonyl (C=O) groups is 3. The molecular formula is C19H20BrNO5. The van der Waals surface area contributed by atoms with Gasteiger partial charge in [-0.05, 0) is 43.4 Å². The molecule has 6 nitrogen and oxygen atoms in total. The number of rotatable bonds is 4. The zero-order valence-corrected chi connectivity index (χ0v) is 16.1. The first kappa shape index (κ1) is 17.5. The second-order valence-corrected chi connectivity index (χ2v) is 8.42. The maximum Gasteiger partial charge on any atom is 0.310 e. The quantitative estimate of drug-likeness (QED) is 0.595. The van der Waals surface area contributed by atoms with Crippen molar-refractivity contribution >= 4 is 39.5 Å². The van der Waals surface area contributed by atoms with Crippen molar-refractivity contribution in [3.8, 4) is 0 Å². The van der Waals surface area contributed by atoms with Gasteiger partial charge < -0.3 is 14.8 Å². The molecular weight excluding hydrogens is 402 g/mol. The van der Waals surface area contributed by atoms with Gasteiger partial charge in [-0.1, -0.05) is 28.1 Å². The number of ether oxygens (including phenoxy) is 2. The lowest BCUT2D eigenvalue weighted by Crippen LogP contribution is -2.39. The zero-order valence-electron chi connectivity index (χ0n) is 14.5. The number of carbonyl (C=O) groups excluding carboxylic acids is 3. The smallest absolute Gasteiger partial charge is 0.310 e. The molecule has 7 heteroatoms. The molecule has 1 heterocycles. The molecule has 2 saturated carbocycles. The molecule has 1 aromatic carbocycles. The first-order valence-corrected chi connectivity index (χ1v) is 9.67. The number of anilines is 1. The number of alkyl halides is 1. The molecule has 4 rings (SSSR count). The summed E-state index contributed by atoms with van der Waals surface area (Å²) < 4.78 is 10.6. The number of halogens is 1. The minimum absolute atomic E-state index is 0.0171.